The molecule has 0 aromatic heterocycles. The summed E-state index contributed by atoms with van der Waals surface area (Å²) >= 11 is 5.31. The maximum absolute atomic E-state index is 12.8. The number of hydrogen-bond acceptors (Lipinski definition) is 5. The van der Waals surface area contributed by atoms with Gasteiger partial charge in [0.05, 0.1) is 11.7 Å². The van der Waals surface area contributed by atoms with Crippen molar-refractivity contribution in [1.29, 1.82) is 0 Å². The van der Waals surface area contributed by atoms with Gasteiger partial charge in [-0.2, -0.15) is 0 Å². The molecule has 2 aromatic rings. The largest absolute Gasteiger partial charge is 0.490 e. The van der Waals surface area contributed by atoms with Gasteiger partial charge in [0.2, 0.25) is 0 Å². The van der Waals surface area contributed by atoms with E-state index in [2.05, 4.69) is 22.6 Å². The highest BCUT2D eigenvalue weighted by Crippen LogP contribution is 2.19. The highest BCUT2D eigenvalue weighted by Gasteiger charge is 2.20. The van der Waals surface area contributed by atoms with Crippen LogP contribution in [0.4, 0.5) is 5.69 Å². The number of hydrogen-bond donors (Lipinski definition) is 2. The van der Waals surface area contributed by atoms with Crippen molar-refractivity contribution >= 4 is 34.8 Å². The summed E-state index contributed by atoms with van der Waals surface area (Å²) in [6.45, 7) is 6.94. The average molecular weight is 441 g/mol. The number of carbonyl (C=O) groups excluding carboxylic acids is 2. The summed E-state index contributed by atoms with van der Waals surface area (Å²) in [4.78, 5) is 29.5. The number of anilines is 1. The third kappa shape index (κ3) is 6.26. The quantitative estimate of drug-likeness (QED) is 0.697. The fourth-order valence-corrected chi connectivity index (χ4v) is 3.48. The minimum atomic E-state index is -0.363. The van der Waals surface area contributed by atoms with Crippen molar-refractivity contribution in [2.75, 3.05) is 38.5 Å². The molecule has 2 aromatic carbocycles. The number of rotatable bonds is 5. The Labute approximate surface area is 188 Å². The number of likely N-dealkylation sites (N-methyl/N-ethyl adjacent to an activating group) is 1. The smallest absolute Gasteiger partial charge is 0.261 e. The van der Waals surface area contributed by atoms with E-state index in [4.69, 9.17) is 17.0 Å². The number of ether oxygens (including phenoxy) is 1. The van der Waals surface area contributed by atoms with E-state index in [9.17, 15) is 9.59 Å². The van der Waals surface area contributed by atoms with Crippen LogP contribution in [0.2, 0.25) is 0 Å². The SMILES string of the molecule is CC(C)Oc1ccccc1C(=O)NC(=S)Nc1cccc(C(=O)N2CCN(C)CC2)c1. The Hall–Kier alpha value is -2.97. The average Bonchev–Trinajstić information content (AvgIpc) is 2.74. The van der Waals surface area contributed by atoms with Crippen LogP contribution in [0.1, 0.15) is 34.6 Å². The Morgan fingerprint density at radius 1 is 1.03 bits per heavy atom. The van der Waals surface area contributed by atoms with Gasteiger partial charge in [0.25, 0.3) is 11.8 Å². The molecule has 0 bridgehead atoms. The van der Waals surface area contributed by atoms with E-state index in [0.717, 1.165) is 13.1 Å². The second kappa shape index (κ2) is 10.4. The predicted octanol–water partition coefficient (Wildman–Crippen LogP) is 2.99. The lowest BCUT2D eigenvalue weighted by Gasteiger charge is -2.32. The van der Waals surface area contributed by atoms with Crippen LogP contribution in [-0.4, -0.2) is 66.1 Å². The van der Waals surface area contributed by atoms with Crippen LogP contribution in [-0.2, 0) is 0 Å². The molecule has 0 saturated carbocycles. The Morgan fingerprint density at radius 2 is 1.74 bits per heavy atom. The number of benzene rings is 2. The lowest BCUT2D eigenvalue weighted by molar-refractivity contribution is 0.0664. The van der Waals surface area contributed by atoms with Gasteiger partial charge in [-0.3, -0.25) is 14.9 Å². The van der Waals surface area contributed by atoms with Gasteiger partial charge in [0.1, 0.15) is 5.75 Å². The van der Waals surface area contributed by atoms with E-state index in [-0.39, 0.29) is 23.0 Å². The monoisotopic (exact) mass is 440 g/mol. The Morgan fingerprint density at radius 3 is 2.45 bits per heavy atom. The summed E-state index contributed by atoms with van der Waals surface area (Å²) in [5, 5.41) is 5.81. The first-order chi connectivity index (χ1) is 14.8. The second-order valence-electron chi connectivity index (χ2n) is 7.75. The molecule has 1 heterocycles. The number of thiocarbonyl (C=S) groups is 1. The number of nitrogens with one attached hydrogen (secondary N) is 2. The summed E-state index contributed by atoms with van der Waals surface area (Å²) in [6.07, 6.45) is -0.0559. The topological polar surface area (TPSA) is 73.9 Å². The van der Waals surface area contributed by atoms with Crippen molar-refractivity contribution in [3.63, 3.8) is 0 Å². The molecule has 0 spiro atoms. The molecule has 2 amide bonds. The van der Waals surface area contributed by atoms with Crippen LogP contribution in [0.15, 0.2) is 48.5 Å². The van der Waals surface area contributed by atoms with Crippen LogP contribution >= 0.6 is 12.2 Å². The highest BCUT2D eigenvalue weighted by molar-refractivity contribution is 7.80. The second-order valence-corrected chi connectivity index (χ2v) is 8.16. The predicted molar refractivity (Wildman–Crippen MR) is 126 cm³/mol. The van der Waals surface area contributed by atoms with Crippen molar-refractivity contribution in [1.82, 2.24) is 15.1 Å². The molecule has 1 fully saturated rings. The van der Waals surface area contributed by atoms with E-state index >= 15 is 0 Å². The van der Waals surface area contributed by atoms with Gasteiger partial charge in [-0.15, -0.1) is 0 Å². The van der Waals surface area contributed by atoms with Gasteiger partial charge in [-0.1, -0.05) is 18.2 Å². The van der Waals surface area contributed by atoms with Crippen molar-refractivity contribution < 1.29 is 14.3 Å². The zero-order valence-corrected chi connectivity index (χ0v) is 18.9. The third-order valence-electron chi connectivity index (χ3n) is 4.88. The first-order valence-electron chi connectivity index (χ1n) is 10.3. The van der Waals surface area contributed by atoms with Crippen molar-refractivity contribution in [3.05, 3.63) is 59.7 Å². The van der Waals surface area contributed by atoms with E-state index < -0.39 is 0 Å². The molecule has 0 atom stereocenters. The normalized spacial score (nSPS) is 14.3. The highest BCUT2D eigenvalue weighted by atomic mass is 32.1. The number of nitrogens with zero attached hydrogens (tertiary/aromatic N) is 2. The number of amides is 2. The number of piperazine rings is 1. The summed E-state index contributed by atoms with van der Waals surface area (Å²) in [7, 11) is 2.05. The van der Waals surface area contributed by atoms with Crippen molar-refractivity contribution in [2.24, 2.45) is 0 Å². The van der Waals surface area contributed by atoms with Crippen molar-refractivity contribution in [3.8, 4) is 5.75 Å². The van der Waals surface area contributed by atoms with E-state index in [1.165, 1.54) is 0 Å². The van der Waals surface area contributed by atoms with E-state index in [1.54, 1.807) is 42.5 Å². The first kappa shape index (κ1) is 22.7. The molecule has 1 aliphatic heterocycles. The zero-order valence-electron chi connectivity index (χ0n) is 18.1. The number of carbonyl (C=O) groups is 2. The van der Waals surface area contributed by atoms with Gasteiger partial charge < -0.3 is 19.9 Å². The fraction of sp³-hybridized carbons (Fsp3) is 0.348. The van der Waals surface area contributed by atoms with Crippen molar-refractivity contribution in [2.45, 2.75) is 20.0 Å². The molecular formula is C23H28N4O3S. The van der Waals surface area contributed by atoms with E-state index in [1.807, 2.05) is 24.8 Å². The maximum Gasteiger partial charge on any atom is 0.261 e. The Kier molecular flexibility index (Phi) is 7.59. The van der Waals surface area contributed by atoms with Crippen LogP contribution in [0.5, 0.6) is 5.75 Å². The fourth-order valence-electron chi connectivity index (χ4n) is 3.27. The van der Waals surface area contributed by atoms with Crippen LogP contribution in [0.25, 0.3) is 0 Å². The molecule has 31 heavy (non-hydrogen) atoms. The minimum absolute atomic E-state index is 0.00790. The molecule has 3 rings (SSSR count). The van der Waals surface area contributed by atoms with Crippen LogP contribution in [0.3, 0.4) is 0 Å². The van der Waals surface area contributed by atoms with Crippen LogP contribution < -0.4 is 15.4 Å². The minimum Gasteiger partial charge on any atom is -0.490 e. The lowest BCUT2D eigenvalue weighted by Crippen LogP contribution is -2.47. The Balaban J connectivity index is 1.63. The summed E-state index contributed by atoms with van der Waals surface area (Å²) in [5.74, 6) is 0.127. The summed E-state index contributed by atoms with van der Waals surface area (Å²) < 4.78 is 5.70. The molecule has 0 aliphatic carbocycles. The summed E-state index contributed by atoms with van der Waals surface area (Å²) in [6, 6.07) is 14.1. The van der Waals surface area contributed by atoms with E-state index in [0.29, 0.717) is 35.7 Å². The van der Waals surface area contributed by atoms with Gasteiger partial charge >= 0.3 is 0 Å². The standard InChI is InChI=1S/C23H28N4O3S/c1-16(2)30-20-10-5-4-9-19(20)21(28)25-23(31)24-18-8-6-7-17(15-18)22(29)27-13-11-26(3)12-14-27/h4-10,15-16H,11-14H2,1-3H3,(H2,24,25,28,31). The Bertz CT molecular complexity index is 955. The summed E-state index contributed by atoms with van der Waals surface area (Å²) in [5.41, 5.74) is 1.62. The maximum atomic E-state index is 12.8. The van der Waals surface area contributed by atoms with Gasteiger partial charge in [0, 0.05) is 37.4 Å². The molecule has 1 saturated heterocycles. The first-order valence-corrected chi connectivity index (χ1v) is 10.7. The lowest BCUT2D eigenvalue weighted by atomic mass is 10.1. The molecule has 2 N–H and O–H groups in total. The molecule has 164 valence electrons. The zero-order chi connectivity index (χ0) is 22.4. The molecule has 0 radical (unpaired) electrons. The van der Waals surface area contributed by atoms with Crippen LogP contribution in [0, 0.1) is 0 Å². The van der Waals surface area contributed by atoms with Gasteiger partial charge in [0.15, 0.2) is 5.11 Å². The van der Waals surface area contributed by atoms with Gasteiger partial charge in [-0.25, -0.2) is 0 Å². The molecular weight excluding hydrogens is 412 g/mol. The van der Waals surface area contributed by atoms with Gasteiger partial charge in [-0.05, 0) is 63.4 Å². The third-order valence-corrected chi connectivity index (χ3v) is 5.08. The molecule has 8 heteroatoms. The number of para-hydroxylation sites is 1. The molecule has 0 unspecified atom stereocenters. The molecule has 1 aliphatic rings. The molecule has 7 nitrogen and oxygen atoms in total.